The molecule has 0 bridgehead atoms. The van der Waals surface area contributed by atoms with Crippen molar-refractivity contribution < 1.29 is 4.79 Å². The Bertz CT molecular complexity index is 810. The number of carbonyl (C=O) groups is 1. The number of nitrogens with one attached hydrogen (secondary N) is 2. The van der Waals surface area contributed by atoms with Crippen LogP contribution in [0.2, 0.25) is 5.15 Å². The van der Waals surface area contributed by atoms with Crippen LogP contribution in [0.4, 0.5) is 16.8 Å². The molecule has 3 rings (SSSR count). The molecule has 0 radical (unpaired) electrons. The van der Waals surface area contributed by atoms with Gasteiger partial charge >= 0.3 is 0 Å². The van der Waals surface area contributed by atoms with E-state index in [1.54, 1.807) is 42.2 Å². The number of pyridine rings is 1. The van der Waals surface area contributed by atoms with Gasteiger partial charge < -0.3 is 10.6 Å². The third kappa shape index (κ3) is 4.21. The Balaban J connectivity index is 1.60. The molecular weight excluding hydrogens is 336 g/mol. The number of nitrogens with zero attached hydrogens (tertiary/aromatic N) is 4. The topological polar surface area (TPSA) is 92.7 Å². The van der Waals surface area contributed by atoms with Crippen LogP contribution in [0, 0.1) is 0 Å². The number of halogens is 1. The van der Waals surface area contributed by atoms with Crippen molar-refractivity contribution in [3.63, 3.8) is 0 Å². The van der Waals surface area contributed by atoms with Crippen LogP contribution >= 0.6 is 22.9 Å². The van der Waals surface area contributed by atoms with E-state index in [-0.39, 0.29) is 17.5 Å². The van der Waals surface area contributed by atoms with E-state index < -0.39 is 0 Å². The van der Waals surface area contributed by atoms with E-state index in [0.29, 0.717) is 22.5 Å². The molecule has 0 aliphatic heterocycles. The Morgan fingerprint density at radius 1 is 1.17 bits per heavy atom. The maximum Gasteiger partial charge on any atom is 0.230 e. The quantitative estimate of drug-likeness (QED) is 0.690. The van der Waals surface area contributed by atoms with Crippen LogP contribution in [-0.2, 0) is 11.2 Å². The van der Waals surface area contributed by atoms with Crippen LogP contribution in [0.15, 0.2) is 42.2 Å². The van der Waals surface area contributed by atoms with E-state index in [1.807, 2.05) is 0 Å². The standard InChI is InChI=1S/C14H11ClN6OS/c15-12-10(3-1-4-16-12)20-11(22)7-9-8-23-14(19-9)21-13-17-5-2-6-18-13/h1-6,8H,7H2,(H,20,22)(H,17,18,19,21). The largest absolute Gasteiger partial charge is 0.323 e. The zero-order valence-corrected chi connectivity index (χ0v) is 13.3. The van der Waals surface area contributed by atoms with Crippen molar-refractivity contribution in [2.24, 2.45) is 0 Å². The number of amides is 1. The Labute approximate surface area is 140 Å². The highest BCUT2D eigenvalue weighted by Crippen LogP contribution is 2.20. The highest BCUT2D eigenvalue weighted by atomic mass is 35.5. The van der Waals surface area contributed by atoms with Gasteiger partial charge in [-0.05, 0) is 18.2 Å². The first-order chi connectivity index (χ1) is 11.2. The lowest BCUT2D eigenvalue weighted by molar-refractivity contribution is -0.115. The van der Waals surface area contributed by atoms with Gasteiger partial charge in [0.05, 0.1) is 17.8 Å². The van der Waals surface area contributed by atoms with Crippen molar-refractivity contribution in [2.45, 2.75) is 6.42 Å². The molecule has 0 spiro atoms. The molecule has 0 unspecified atom stereocenters. The van der Waals surface area contributed by atoms with Gasteiger partial charge in [0.15, 0.2) is 10.3 Å². The molecule has 23 heavy (non-hydrogen) atoms. The lowest BCUT2D eigenvalue weighted by Gasteiger charge is -2.04. The van der Waals surface area contributed by atoms with Gasteiger partial charge in [0.25, 0.3) is 0 Å². The summed E-state index contributed by atoms with van der Waals surface area (Å²) in [7, 11) is 0. The Hall–Kier alpha value is -2.58. The maximum atomic E-state index is 12.0. The maximum absolute atomic E-state index is 12.0. The monoisotopic (exact) mass is 346 g/mol. The Morgan fingerprint density at radius 2 is 1.96 bits per heavy atom. The summed E-state index contributed by atoms with van der Waals surface area (Å²) in [6.45, 7) is 0. The first-order valence-electron chi connectivity index (χ1n) is 6.59. The second-order valence-electron chi connectivity index (χ2n) is 4.41. The number of carbonyl (C=O) groups excluding carboxylic acids is 1. The van der Waals surface area contributed by atoms with E-state index in [9.17, 15) is 4.79 Å². The van der Waals surface area contributed by atoms with Crippen molar-refractivity contribution in [3.05, 3.63) is 53.0 Å². The lowest BCUT2D eigenvalue weighted by atomic mass is 10.3. The highest BCUT2D eigenvalue weighted by molar-refractivity contribution is 7.13. The Morgan fingerprint density at radius 3 is 2.74 bits per heavy atom. The summed E-state index contributed by atoms with van der Waals surface area (Å²) in [5, 5.41) is 8.36. The van der Waals surface area contributed by atoms with Gasteiger partial charge in [0.2, 0.25) is 11.9 Å². The first-order valence-corrected chi connectivity index (χ1v) is 7.85. The Kier molecular flexibility index (Phi) is 4.74. The van der Waals surface area contributed by atoms with Crippen LogP contribution in [0.1, 0.15) is 5.69 Å². The number of hydrogen-bond acceptors (Lipinski definition) is 7. The van der Waals surface area contributed by atoms with Crippen LogP contribution in [0.5, 0.6) is 0 Å². The molecule has 0 atom stereocenters. The van der Waals surface area contributed by atoms with Gasteiger partial charge in [-0.15, -0.1) is 11.3 Å². The lowest BCUT2D eigenvalue weighted by Crippen LogP contribution is -2.15. The normalized spacial score (nSPS) is 10.3. The number of thiazole rings is 1. The van der Waals surface area contributed by atoms with Gasteiger partial charge in [-0.25, -0.2) is 19.9 Å². The van der Waals surface area contributed by atoms with Crippen molar-refractivity contribution in [2.75, 3.05) is 10.6 Å². The third-order valence-corrected chi connectivity index (χ3v) is 3.82. The van der Waals surface area contributed by atoms with Crippen molar-refractivity contribution in [3.8, 4) is 0 Å². The number of hydrogen-bond donors (Lipinski definition) is 2. The summed E-state index contributed by atoms with van der Waals surface area (Å²) < 4.78 is 0. The zero-order valence-electron chi connectivity index (χ0n) is 11.7. The minimum atomic E-state index is -0.215. The molecule has 9 heteroatoms. The minimum absolute atomic E-state index is 0.138. The summed E-state index contributed by atoms with van der Waals surface area (Å²) >= 11 is 7.28. The average Bonchev–Trinajstić information content (AvgIpc) is 2.97. The second-order valence-corrected chi connectivity index (χ2v) is 5.62. The fraction of sp³-hybridized carbons (Fsp3) is 0.0714. The molecule has 3 heterocycles. The predicted octanol–water partition coefficient (Wildman–Crippen LogP) is 2.91. The molecule has 0 fully saturated rings. The zero-order chi connectivity index (χ0) is 16.1. The van der Waals surface area contributed by atoms with Gasteiger partial charge in [-0.3, -0.25) is 4.79 Å². The molecule has 0 saturated carbocycles. The van der Waals surface area contributed by atoms with Gasteiger partial charge in [0, 0.05) is 24.0 Å². The number of rotatable bonds is 5. The average molecular weight is 347 g/mol. The van der Waals surface area contributed by atoms with Crippen LogP contribution in [-0.4, -0.2) is 25.8 Å². The summed E-state index contributed by atoms with van der Waals surface area (Å²) in [5.74, 6) is 0.243. The highest BCUT2D eigenvalue weighted by Gasteiger charge is 2.10. The molecule has 116 valence electrons. The molecule has 7 nitrogen and oxygen atoms in total. The van der Waals surface area contributed by atoms with E-state index in [0.717, 1.165) is 0 Å². The molecule has 3 aromatic heterocycles. The fourth-order valence-electron chi connectivity index (χ4n) is 1.74. The molecule has 0 aliphatic carbocycles. The van der Waals surface area contributed by atoms with Crippen LogP contribution < -0.4 is 10.6 Å². The molecule has 2 N–H and O–H groups in total. The third-order valence-electron chi connectivity index (χ3n) is 2.71. The summed E-state index contributed by atoms with van der Waals surface area (Å²) in [5.41, 5.74) is 1.12. The molecule has 0 aliphatic rings. The summed E-state index contributed by atoms with van der Waals surface area (Å²) in [6, 6.07) is 5.12. The van der Waals surface area contributed by atoms with Gasteiger partial charge in [-0.2, -0.15) is 0 Å². The molecule has 0 saturated heterocycles. The van der Waals surface area contributed by atoms with E-state index >= 15 is 0 Å². The number of anilines is 3. The van der Waals surface area contributed by atoms with Crippen molar-refractivity contribution >= 4 is 45.6 Å². The molecule has 1 amide bonds. The van der Waals surface area contributed by atoms with Crippen molar-refractivity contribution in [1.29, 1.82) is 0 Å². The molecule has 3 aromatic rings. The predicted molar refractivity (Wildman–Crippen MR) is 89.0 cm³/mol. The van der Waals surface area contributed by atoms with Crippen LogP contribution in [0.3, 0.4) is 0 Å². The summed E-state index contributed by atoms with van der Waals surface area (Å²) in [6.07, 6.45) is 4.96. The SMILES string of the molecule is O=C(Cc1csc(Nc2ncccn2)n1)Nc1cccnc1Cl. The number of aromatic nitrogens is 4. The van der Waals surface area contributed by atoms with Crippen molar-refractivity contribution in [1.82, 2.24) is 19.9 Å². The molecule has 0 aromatic carbocycles. The fourth-order valence-corrected chi connectivity index (χ4v) is 2.61. The van der Waals surface area contributed by atoms with E-state index in [2.05, 4.69) is 30.6 Å². The smallest absolute Gasteiger partial charge is 0.230 e. The van der Waals surface area contributed by atoms with Gasteiger partial charge in [-0.1, -0.05) is 11.6 Å². The second kappa shape index (κ2) is 7.12. The first kappa shape index (κ1) is 15.3. The van der Waals surface area contributed by atoms with Crippen LogP contribution in [0.25, 0.3) is 0 Å². The van der Waals surface area contributed by atoms with E-state index in [4.69, 9.17) is 11.6 Å². The summed E-state index contributed by atoms with van der Waals surface area (Å²) in [4.78, 5) is 28.4. The molecular formula is C14H11ClN6OS. The van der Waals surface area contributed by atoms with E-state index in [1.165, 1.54) is 11.3 Å². The van der Waals surface area contributed by atoms with Gasteiger partial charge in [0.1, 0.15) is 0 Å². The minimum Gasteiger partial charge on any atom is -0.323 e.